The van der Waals surface area contributed by atoms with Gasteiger partial charge in [-0.15, -0.1) is 11.3 Å². The van der Waals surface area contributed by atoms with Crippen molar-refractivity contribution < 1.29 is 8.42 Å². The van der Waals surface area contributed by atoms with Gasteiger partial charge in [-0.3, -0.25) is 0 Å². The summed E-state index contributed by atoms with van der Waals surface area (Å²) in [4.78, 5) is 2.55. The zero-order valence-corrected chi connectivity index (χ0v) is 17.2. The molecule has 1 aliphatic carbocycles. The number of nitrogens with zero attached hydrogens (tertiary/aromatic N) is 2. The molecule has 2 unspecified atom stereocenters. The third kappa shape index (κ3) is 3.79. The third-order valence-corrected chi connectivity index (χ3v) is 9.71. The molecule has 1 saturated carbocycles. The highest BCUT2D eigenvalue weighted by Gasteiger charge is 2.37. The van der Waals surface area contributed by atoms with E-state index >= 15 is 0 Å². The second kappa shape index (κ2) is 7.41. The van der Waals surface area contributed by atoms with E-state index in [9.17, 15) is 8.42 Å². The molecule has 1 aromatic rings. The molecule has 1 saturated heterocycles. The number of piperidine rings is 1. The molecule has 2 heterocycles. The maximum Gasteiger partial charge on any atom is 0.252 e. The van der Waals surface area contributed by atoms with Crippen LogP contribution < -0.4 is 0 Å². The van der Waals surface area contributed by atoms with Crippen LogP contribution in [0.25, 0.3) is 0 Å². The highest BCUT2D eigenvalue weighted by Crippen LogP contribution is 2.38. The fraction of sp³-hybridized carbons (Fsp3) is 0.750. The topological polar surface area (TPSA) is 40.6 Å². The number of hydrogen-bond donors (Lipinski definition) is 0. The minimum absolute atomic E-state index is 0.0546. The molecule has 2 atom stereocenters. The summed E-state index contributed by atoms with van der Waals surface area (Å²) in [6.45, 7) is 4.60. The second-order valence-corrected chi connectivity index (χ2v) is 11.3. The van der Waals surface area contributed by atoms with Crippen LogP contribution in [0.4, 0.5) is 0 Å². The van der Waals surface area contributed by atoms with Gasteiger partial charge >= 0.3 is 0 Å². The highest BCUT2D eigenvalue weighted by molar-refractivity contribution is 7.91. The summed E-state index contributed by atoms with van der Waals surface area (Å²) >= 11 is 12.9. The molecular weight excluding hydrogens is 387 g/mol. The van der Waals surface area contributed by atoms with E-state index < -0.39 is 10.0 Å². The molecule has 136 valence electrons. The molecule has 0 amide bonds. The van der Waals surface area contributed by atoms with E-state index in [1.807, 2.05) is 0 Å². The van der Waals surface area contributed by atoms with Crippen LogP contribution in [0.15, 0.2) is 10.3 Å². The average Bonchev–Trinajstić information content (AvgIpc) is 3.15. The Hall–Kier alpha value is 0.150. The van der Waals surface area contributed by atoms with Gasteiger partial charge in [-0.25, -0.2) is 8.42 Å². The molecule has 4 nitrogen and oxygen atoms in total. The van der Waals surface area contributed by atoms with Crippen LogP contribution in [0.5, 0.6) is 0 Å². The van der Waals surface area contributed by atoms with Crippen LogP contribution in [0.3, 0.4) is 0 Å². The van der Waals surface area contributed by atoms with Crippen molar-refractivity contribution in [1.82, 2.24) is 9.21 Å². The van der Waals surface area contributed by atoms with E-state index in [2.05, 4.69) is 11.8 Å². The van der Waals surface area contributed by atoms with E-state index in [1.165, 1.54) is 23.2 Å². The van der Waals surface area contributed by atoms with Crippen LogP contribution in [0.1, 0.15) is 39.0 Å². The number of rotatable bonds is 4. The van der Waals surface area contributed by atoms with Crippen LogP contribution in [-0.4, -0.2) is 49.8 Å². The fourth-order valence-electron chi connectivity index (χ4n) is 3.78. The first-order valence-electron chi connectivity index (χ1n) is 8.46. The molecule has 24 heavy (non-hydrogen) atoms. The predicted molar refractivity (Wildman–Crippen MR) is 101 cm³/mol. The number of likely N-dealkylation sites (tertiary alicyclic amines) is 1. The first-order valence-corrected chi connectivity index (χ1v) is 11.5. The van der Waals surface area contributed by atoms with E-state index in [4.69, 9.17) is 23.2 Å². The monoisotopic (exact) mass is 410 g/mol. The van der Waals surface area contributed by atoms with Gasteiger partial charge in [0.05, 0.1) is 5.02 Å². The molecule has 0 N–H and O–H groups in total. The maximum atomic E-state index is 12.8. The van der Waals surface area contributed by atoms with Crippen molar-refractivity contribution in [1.29, 1.82) is 0 Å². The van der Waals surface area contributed by atoms with Gasteiger partial charge in [-0.1, -0.05) is 30.1 Å². The summed E-state index contributed by atoms with van der Waals surface area (Å²) in [5, 5.41) is 0.306. The molecule has 2 fully saturated rings. The standard InChI is InChI=1S/C16H24Cl2N2O2S2/c1-11-5-7-20(8-6-11)13-4-3-12(9-13)19(2)24(21,22)15-10-14(17)16(18)23-15/h10-13H,3-9H2,1-2H3. The lowest BCUT2D eigenvalue weighted by Crippen LogP contribution is -2.41. The molecule has 1 aromatic heterocycles. The SMILES string of the molecule is CC1CCN(C2CCC(N(C)S(=O)(=O)c3cc(Cl)c(Cl)s3)C2)CC1. The first-order chi connectivity index (χ1) is 11.3. The second-order valence-electron chi connectivity index (χ2n) is 7.05. The van der Waals surface area contributed by atoms with Gasteiger partial charge in [0.15, 0.2) is 0 Å². The van der Waals surface area contributed by atoms with E-state index in [0.29, 0.717) is 15.4 Å². The van der Waals surface area contributed by atoms with Crippen LogP contribution in [0, 0.1) is 5.92 Å². The summed E-state index contributed by atoms with van der Waals surface area (Å²) in [5.41, 5.74) is 0. The number of hydrogen-bond acceptors (Lipinski definition) is 4. The molecular formula is C16H24Cl2N2O2S2. The zero-order chi connectivity index (χ0) is 17.5. The molecule has 3 rings (SSSR count). The molecule has 0 spiro atoms. The Morgan fingerprint density at radius 1 is 1.21 bits per heavy atom. The van der Waals surface area contributed by atoms with E-state index in [1.54, 1.807) is 7.05 Å². The van der Waals surface area contributed by atoms with Gasteiger partial charge in [0.1, 0.15) is 8.55 Å². The highest BCUT2D eigenvalue weighted by atomic mass is 35.5. The van der Waals surface area contributed by atoms with Crippen molar-refractivity contribution in [3.8, 4) is 0 Å². The smallest absolute Gasteiger partial charge is 0.252 e. The lowest BCUT2D eigenvalue weighted by molar-refractivity contribution is 0.136. The largest absolute Gasteiger partial charge is 0.300 e. The van der Waals surface area contributed by atoms with Crippen molar-refractivity contribution in [2.75, 3.05) is 20.1 Å². The number of halogens is 2. The van der Waals surface area contributed by atoms with Crippen LogP contribution >= 0.6 is 34.5 Å². The summed E-state index contributed by atoms with van der Waals surface area (Å²) in [6.07, 6.45) is 5.41. The first kappa shape index (κ1) is 18.9. The summed E-state index contributed by atoms with van der Waals surface area (Å²) < 4.78 is 27.7. The summed E-state index contributed by atoms with van der Waals surface area (Å²) in [5.74, 6) is 0.815. The normalized spacial score (nSPS) is 27.2. The van der Waals surface area contributed by atoms with Crippen molar-refractivity contribution in [2.45, 2.75) is 55.3 Å². The lowest BCUT2D eigenvalue weighted by Gasteiger charge is -2.35. The van der Waals surface area contributed by atoms with Crippen molar-refractivity contribution in [3.63, 3.8) is 0 Å². The van der Waals surface area contributed by atoms with E-state index in [-0.39, 0.29) is 10.3 Å². The summed E-state index contributed by atoms with van der Waals surface area (Å²) in [7, 11) is -1.84. The Morgan fingerprint density at radius 3 is 2.46 bits per heavy atom. The molecule has 0 radical (unpaired) electrons. The number of thiophene rings is 1. The third-order valence-electron chi connectivity index (χ3n) is 5.48. The molecule has 1 aliphatic heterocycles. The minimum Gasteiger partial charge on any atom is -0.300 e. The molecule has 0 bridgehead atoms. The van der Waals surface area contributed by atoms with Gasteiger partial charge in [0.25, 0.3) is 10.0 Å². The van der Waals surface area contributed by atoms with Gasteiger partial charge < -0.3 is 4.90 Å². The van der Waals surface area contributed by atoms with Gasteiger partial charge in [-0.05, 0) is 57.2 Å². The quantitative estimate of drug-likeness (QED) is 0.741. The molecule has 0 aromatic carbocycles. The fourth-order valence-corrected chi connectivity index (χ4v) is 7.25. The molecule has 2 aliphatic rings. The minimum atomic E-state index is -3.52. The Balaban J connectivity index is 1.66. The maximum absolute atomic E-state index is 12.8. The van der Waals surface area contributed by atoms with Gasteiger partial charge in [-0.2, -0.15) is 4.31 Å². The van der Waals surface area contributed by atoms with Gasteiger partial charge in [0.2, 0.25) is 0 Å². The summed E-state index contributed by atoms with van der Waals surface area (Å²) in [6, 6.07) is 2.02. The Morgan fingerprint density at radius 2 is 1.88 bits per heavy atom. The van der Waals surface area contributed by atoms with Gasteiger partial charge in [0, 0.05) is 19.1 Å². The Kier molecular flexibility index (Phi) is 5.84. The number of sulfonamides is 1. The van der Waals surface area contributed by atoms with Crippen LogP contribution in [-0.2, 0) is 10.0 Å². The zero-order valence-electron chi connectivity index (χ0n) is 14.0. The Labute approximate surface area is 158 Å². The average molecular weight is 411 g/mol. The Bertz CT molecular complexity index is 665. The van der Waals surface area contributed by atoms with Crippen LogP contribution in [0.2, 0.25) is 9.36 Å². The lowest BCUT2D eigenvalue weighted by atomic mass is 9.97. The van der Waals surface area contributed by atoms with Crippen molar-refractivity contribution >= 4 is 44.6 Å². The van der Waals surface area contributed by atoms with Crippen molar-refractivity contribution in [3.05, 3.63) is 15.4 Å². The van der Waals surface area contributed by atoms with Crippen molar-refractivity contribution in [2.24, 2.45) is 5.92 Å². The predicted octanol–water partition coefficient (Wildman–Crippen LogP) is 4.33. The van der Waals surface area contributed by atoms with E-state index in [0.717, 1.165) is 49.6 Å². The molecule has 8 heteroatoms.